The van der Waals surface area contributed by atoms with Gasteiger partial charge in [-0.05, 0) is 136 Å². The van der Waals surface area contributed by atoms with Gasteiger partial charge in [-0.2, -0.15) is 23.7 Å². The Hall–Kier alpha value is -6.77. The third-order valence-electron chi connectivity index (χ3n) is 14.2. The van der Waals surface area contributed by atoms with Crippen LogP contribution in [0.25, 0.3) is 0 Å². The number of nitrogens with one attached hydrogen (secondary N) is 1. The van der Waals surface area contributed by atoms with Crippen molar-refractivity contribution in [3.63, 3.8) is 0 Å². The fourth-order valence-electron chi connectivity index (χ4n) is 10.7. The molecule has 13 nitrogen and oxygen atoms in total. The zero-order valence-electron chi connectivity index (χ0n) is 44.3. The lowest BCUT2D eigenvalue weighted by Crippen LogP contribution is -2.48. The van der Waals surface area contributed by atoms with Crippen molar-refractivity contribution < 1.29 is 50.5 Å². The first kappa shape index (κ1) is 59.9. The molecule has 0 aromatic heterocycles. The summed E-state index contributed by atoms with van der Waals surface area (Å²) in [5.41, 5.74) is 0.698. The Morgan fingerprint density at radius 3 is 2.19 bits per heavy atom. The predicted molar refractivity (Wildman–Crippen MR) is 296 cm³/mol. The number of nitriles is 2. The number of unbranched alkanes of at least 4 members (excludes halogenated alkanes) is 2. The number of alkyl halides is 3. The van der Waals surface area contributed by atoms with E-state index in [4.69, 9.17) is 43.1 Å². The van der Waals surface area contributed by atoms with Crippen LogP contribution in [0.3, 0.4) is 0 Å². The van der Waals surface area contributed by atoms with Crippen molar-refractivity contribution >= 4 is 70.6 Å². The molecule has 0 aliphatic carbocycles. The summed E-state index contributed by atoms with van der Waals surface area (Å²) >= 11 is 17.2. The van der Waals surface area contributed by atoms with Gasteiger partial charge in [0.25, 0.3) is 11.8 Å². The fourth-order valence-corrected chi connectivity index (χ4v) is 11.7. The van der Waals surface area contributed by atoms with Gasteiger partial charge >= 0.3 is 6.18 Å². The molecule has 418 valence electrons. The number of benzene rings is 5. The maximum absolute atomic E-state index is 16.4. The number of hydrogen-bond donors (Lipinski definition) is 3. The van der Waals surface area contributed by atoms with Crippen molar-refractivity contribution in [2.24, 2.45) is 11.1 Å². The number of amides is 3. The van der Waals surface area contributed by atoms with Crippen LogP contribution < -0.4 is 35.2 Å². The van der Waals surface area contributed by atoms with E-state index in [0.29, 0.717) is 37.7 Å². The third-order valence-corrected chi connectivity index (χ3v) is 15.2. The molecule has 2 fully saturated rings. The first-order valence-corrected chi connectivity index (χ1v) is 26.7. The molecule has 0 spiro atoms. The van der Waals surface area contributed by atoms with E-state index in [0.717, 1.165) is 37.5 Å². The van der Waals surface area contributed by atoms with Crippen molar-refractivity contribution in [3.05, 3.63) is 147 Å². The van der Waals surface area contributed by atoms with Gasteiger partial charge in [0, 0.05) is 53.2 Å². The summed E-state index contributed by atoms with van der Waals surface area (Å²) in [5.74, 6) is -4.23. The second-order valence-electron chi connectivity index (χ2n) is 21.1. The molecule has 5 unspecified atom stereocenters. The molecule has 2 heterocycles. The quantitative estimate of drug-likeness (QED) is 0.0386. The Morgan fingerprint density at radius 2 is 1.56 bits per heavy atom. The number of nitrogens with two attached hydrogens (primary N) is 1. The molecule has 0 bridgehead atoms. The number of methoxy groups -OCH3 is 1. The molecular weight excluding hydrogens is 1090 g/mol. The molecule has 79 heavy (non-hydrogen) atoms. The highest BCUT2D eigenvalue weighted by atomic mass is 35.5. The maximum Gasteiger partial charge on any atom is 0.417 e. The smallest absolute Gasteiger partial charge is 0.417 e. The third kappa shape index (κ3) is 12.4. The molecule has 3 amide bonds. The topological polar surface area (TPSA) is 174 Å². The molecule has 2 aliphatic heterocycles. The second kappa shape index (κ2) is 24.3. The Kier molecular flexibility index (Phi) is 18.4. The van der Waals surface area contributed by atoms with Crippen molar-refractivity contribution in [3.8, 4) is 23.6 Å². The Balaban J connectivity index is 0.921. The van der Waals surface area contributed by atoms with Crippen molar-refractivity contribution in [2.45, 2.75) is 107 Å². The van der Waals surface area contributed by atoms with Crippen LogP contribution in [0.1, 0.15) is 105 Å². The first-order valence-electron chi connectivity index (χ1n) is 25.4. The maximum atomic E-state index is 16.4. The van der Waals surface area contributed by atoms with Gasteiger partial charge in [-0.3, -0.25) is 19.3 Å². The number of primary amides is 1. The number of rotatable bonds is 20. The summed E-state index contributed by atoms with van der Waals surface area (Å²) in [5, 5.41) is 23.4. The number of nitrogens with zero attached hydrogens (tertiary/aromatic N) is 5. The summed E-state index contributed by atoms with van der Waals surface area (Å²) in [6, 6.07) is 24.2. The summed E-state index contributed by atoms with van der Waals surface area (Å²) in [4.78, 5) is 45.6. The minimum absolute atomic E-state index is 0.0345. The van der Waals surface area contributed by atoms with Gasteiger partial charge in [0.15, 0.2) is 5.50 Å². The van der Waals surface area contributed by atoms with Gasteiger partial charge < -0.3 is 35.1 Å². The SMILES string of the molecule is COc1cc(C(=O)NCCCOCCCCCOc2ccc(N3C(S)N(c4ccc(C#N)c(C(F)(F)F)c4)C(=O)C3(C)C)cc2)ccc1N1C(C(N)=O)C(c2cccc(Cl)c2F)C(C#N)(c2ccc(Cl)cc2F)C1CC(C)(C)C. The summed E-state index contributed by atoms with van der Waals surface area (Å²) in [7, 11) is 1.38. The van der Waals surface area contributed by atoms with E-state index in [1.807, 2.05) is 20.8 Å². The molecule has 21 heteroatoms. The number of carbonyl (C=O) groups excluding carboxylic acids is 3. The molecule has 5 aromatic rings. The number of thiol groups is 1. The molecule has 3 N–H and O–H groups in total. The van der Waals surface area contributed by atoms with Crippen LogP contribution in [-0.4, -0.2) is 74.3 Å². The highest BCUT2D eigenvalue weighted by molar-refractivity contribution is 7.81. The van der Waals surface area contributed by atoms with Gasteiger partial charge in [-0.15, -0.1) is 12.6 Å². The average Bonchev–Trinajstić information content (AvgIpc) is 3.36. The zero-order valence-corrected chi connectivity index (χ0v) is 46.7. The lowest BCUT2D eigenvalue weighted by atomic mass is 9.62. The molecule has 5 aromatic carbocycles. The lowest BCUT2D eigenvalue weighted by Gasteiger charge is -2.40. The van der Waals surface area contributed by atoms with Crippen LogP contribution in [0, 0.1) is 39.7 Å². The number of carbonyl (C=O) groups is 3. The number of halogens is 7. The van der Waals surface area contributed by atoms with Gasteiger partial charge in [0.05, 0.1) is 53.7 Å². The largest absolute Gasteiger partial charge is 0.495 e. The molecular formula is C58H60Cl2F5N7O6S. The minimum atomic E-state index is -4.80. The van der Waals surface area contributed by atoms with Crippen molar-refractivity contribution in [1.29, 1.82) is 10.5 Å². The van der Waals surface area contributed by atoms with E-state index < -0.39 is 86.5 Å². The highest BCUT2D eigenvalue weighted by Crippen LogP contribution is 2.59. The van der Waals surface area contributed by atoms with E-state index in [1.165, 1.54) is 60.5 Å². The Labute approximate surface area is 471 Å². The van der Waals surface area contributed by atoms with Crippen LogP contribution in [0.2, 0.25) is 10.0 Å². The second-order valence-corrected chi connectivity index (χ2v) is 22.4. The normalized spacial score (nSPS) is 20.0. The molecule has 0 radical (unpaired) electrons. The molecule has 2 aliphatic rings. The highest BCUT2D eigenvalue weighted by Gasteiger charge is 2.65. The van der Waals surface area contributed by atoms with Gasteiger partial charge in [-0.25, -0.2) is 8.78 Å². The van der Waals surface area contributed by atoms with Gasteiger partial charge in [-0.1, -0.05) is 62.2 Å². The van der Waals surface area contributed by atoms with E-state index in [2.05, 4.69) is 24.0 Å². The molecule has 0 saturated carbocycles. The van der Waals surface area contributed by atoms with E-state index in [9.17, 15) is 38.1 Å². The fraction of sp³-hybridized carbons (Fsp3) is 0.397. The van der Waals surface area contributed by atoms with E-state index in [-0.39, 0.29) is 56.8 Å². The van der Waals surface area contributed by atoms with Crippen LogP contribution in [0.15, 0.2) is 97.1 Å². The van der Waals surface area contributed by atoms with Crippen LogP contribution >= 0.6 is 35.8 Å². The zero-order chi connectivity index (χ0) is 57.8. The minimum Gasteiger partial charge on any atom is -0.495 e. The molecule has 5 atom stereocenters. The Morgan fingerprint density at radius 1 is 0.873 bits per heavy atom. The van der Waals surface area contributed by atoms with Crippen molar-refractivity contribution in [1.82, 2.24) is 5.32 Å². The monoisotopic (exact) mass is 1150 g/mol. The number of ether oxygens (including phenoxy) is 3. The van der Waals surface area contributed by atoms with Crippen molar-refractivity contribution in [2.75, 3.05) is 48.2 Å². The summed E-state index contributed by atoms with van der Waals surface area (Å²) < 4.78 is 91.6. The standard InChI is InChI=1S/C58H60Cl2F5N7O6S/c1-55(2,3)31-47-57(33-67,41-22-16-36(59)29-44(41)61)48(40-12-10-13-43(60)49(40)62)50(51(68)73)71(47)45-23-15-34(28-46(45)76-6)52(74)69-24-11-26-77-25-8-7-9-27-78-39-20-18-37(19-21-39)72-54(79)70(53(75)56(72,4)5)38-17-14-35(32-66)42(30-38)58(63,64)65/h10,12-23,28-30,47-48,50,54,79H,7-9,11,24-27,31H2,1-6H3,(H2,68,73)(H,69,74). The first-order chi connectivity index (χ1) is 37.3. The molecule has 7 rings (SSSR count). The predicted octanol–water partition coefficient (Wildman–Crippen LogP) is 12.1. The lowest BCUT2D eigenvalue weighted by molar-refractivity contribution is -0.137. The average molecular weight is 1150 g/mol. The van der Waals surface area contributed by atoms with Crippen LogP contribution in [-0.2, 0) is 25.9 Å². The van der Waals surface area contributed by atoms with Gasteiger partial charge in [0.1, 0.15) is 40.1 Å². The number of anilines is 3. The summed E-state index contributed by atoms with van der Waals surface area (Å²) in [6.45, 7) is 10.6. The summed E-state index contributed by atoms with van der Waals surface area (Å²) in [6.07, 6.45) is -1.83. The molecule has 2 saturated heterocycles. The van der Waals surface area contributed by atoms with Crippen LogP contribution in [0.5, 0.6) is 11.5 Å². The number of hydrogen-bond acceptors (Lipinski definition) is 11. The Bertz CT molecular complexity index is 3170. The van der Waals surface area contributed by atoms with E-state index >= 15 is 8.78 Å². The van der Waals surface area contributed by atoms with Gasteiger partial charge in [0.2, 0.25) is 5.91 Å². The van der Waals surface area contributed by atoms with Crippen LogP contribution in [0.4, 0.5) is 39.0 Å². The van der Waals surface area contributed by atoms with E-state index in [1.54, 1.807) is 60.0 Å².